The van der Waals surface area contributed by atoms with Crippen molar-refractivity contribution in [3.8, 4) is 17.2 Å². The Kier molecular flexibility index (Phi) is 5.12. The molecule has 24 heavy (non-hydrogen) atoms. The molecule has 0 spiro atoms. The Bertz CT molecular complexity index is 803. The molecule has 0 unspecified atom stereocenters. The largest absolute Gasteiger partial charge is 0.493 e. The van der Waals surface area contributed by atoms with E-state index in [9.17, 15) is 4.79 Å². The number of rotatable bonds is 7. The van der Waals surface area contributed by atoms with Gasteiger partial charge in [0.15, 0.2) is 0 Å². The molecule has 0 radical (unpaired) electrons. The van der Waals surface area contributed by atoms with Gasteiger partial charge in [0.2, 0.25) is 5.89 Å². The Hall–Kier alpha value is -2.80. The number of aromatic carboxylic acids is 1. The van der Waals surface area contributed by atoms with E-state index >= 15 is 0 Å². The van der Waals surface area contributed by atoms with Crippen LogP contribution < -0.4 is 4.74 Å². The van der Waals surface area contributed by atoms with E-state index in [1.165, 1.54) is 23.9 Å². The Balaban J connectivity index is 1.47. The number of thioether (sulfide) groups is 1. The summed E-state index contributed by atoms with van der Waals surface area (Å²) in [5.41, 5.74) is 1.11. The predicted molar refractivity (Wildman–Crippen MR) is 89.4 cm³/mol. The highest BCUT2D eigenvalue weighted by Crippen LogP contribution is 2.23. The van der Waals surface area contributed by atoms with Crippen molar-refractivity contribution in [2.75, 3.05) is 12.4 Å². The molecule has 0 fully saturated rings. The van der Waals surface area contributed by atoms with Crippen LogP contribution in [0.4, 0.5) is 0 Å². The number of ether oxygens (including phenoxy) is 1. The summed E-state index contributed by atoms with van der Waals surface area (Å²) in [4.78, 5) is 10.8. The summed E-state index contributed by atoms with van der Waals surface area (Å²) in [7, 11) is 0. The summed E-state index contributed by atoms with van der Waals surface area (Å²) < 4.78 is 11.1. The van der Waals surface area contributed by atoms with Crippen molar-refractivity contribution in [2.24, 2.45) is 0 Å². The van der Waals surface area contributed by atoms with Gasteiger partial charge in [-0.05, 0) is 36.4 Å². The quantitative estimate of drug-likeness (QED) is 0.518. The second kappa shape index (κ2) is 7.65. The van der Waals surface area contributed by atoms with Gasteiger partial charge in [-0.1, -0.05) is 30.0 Å². The van der Waals surface area contributed by atoms with Crippen LogP contribution in [0, 0.1) is 0 Å². The third kappa shape index (κ3) is 4.14. The average Bonchev–Trinajstić information content (AvgIpc) is 3.09. The van der Waals surface area contributed by atoms with Crippen LogP contribution >= 0.6 is 11.8 Å². The second-order valence-corrected chi connectivity index (χ2v) is 5.81. The summed E-state index contributed by atoms with van der Waals surface area (Å²) in [6, 6.07) is 15.9. The monoisotopic (exact) mass is 342 g/mol. The van der Waals surface area contributed by atoms with Crippen molar-refractivity contribution in [1.82, 2.24) is 10.2 Å². The van der Waals surface area contributed by atoms with Crippen LogP contribution in [0.15, 0.2) is 64.2 Å². The SMILES string of the molecule is O=C(O)c1ccc(OCCSc2nnc(-c3ccccc3)o2)cc1. The Labute approximate surface area is 142 Å². The summed E-state index contributed by atoms with van der Waals surface area (Å²) >= 11 is 1.40. The van der Waals surface area contributed by atoms with Gasteiger partial charge >= 0.3 is 5.97 Å². The van der Waals surface area contributed by atoms with Gasteiger partial charge in [0, 0.05) is 11.3 Å². The summed E-state index contributed by atoms with van der Waals surface area (Å²) in [6.07, 6.45) is 0. The topological polar surface area (TPSA) is 85.5 Å². The van der Waals surface area contributed by atoms with Crippen LogP contribution in [0.5, 0.6) is 5.75 Å². The van der Waals surface area contributed by atoms with E-state index in [4.69, 9.17) is 14.3 Å². The Morgan fingerprint density at radius 3 is 2.54 bits per heavy atom. The van der Waals surface area contributed by atoms with Crippen molar-refractivity contribution in [3.05, 3.63) is 60.2 Å². The standard InChI is InChI=1S/C17H14N2O4S/c20-16(21)13-6-8-14(9-7-13)22-10-11-24-17-19-18-15(23-17)12-4-2-1-3-5-12/h1-9H,10-11H2,(H,20,21). The molecule has 0 saturated carbocycles. The highest BCUT2D eigenvalue weighted by atomic mass is 32.2. The number of nitrogens with zero attached hydrogens (tertiary/aromatic N) is 2. The van der Waals surface area contributed by atoms with E-state index in [0.717, 1.165) is 5.56 Å². The van der Waals surface area contributed by atoms with Crippen molar-refractivity contribution in [1.29, 1.82) is 0 Å². The van der Waals surface area contributed by atoms with E-state index in [2.05, 4.69) is 10.2 Å². The summed E-state index contributed by atoms with van der Waals surface area (Å²) in [5, 5.41) is 17.3. The first-order chi connectivity index (χ1) is 11.7. The molecule has 0 atom stereocenters. The molecule has 3 aromatic rings. The van der Waals surface area contributed by atoms with Gasteiger partial charge in [-0.2, -0.15) is 0 Å². The van der Waals surface area contributed by atoms with Gasteiger partial charge in [-0.15, -0.1) is 10.2 Å². The van der Waals surface area contributed by atoms with Crippen molar-refractivity contribution in [2.45, 2.75) is 5.22 Å². The lowest BCUT2D eigenvalue weighted by molar-refractivity contribution is 0.0697. The van der Waals surface area contributed by atoms with Crippen LogP contribution in [-0.2, 0) is 0 Å². The highest BCUT2D eigenvalue weighted by molar-refractivity contribution is 7.99. The number of aromatic nitrogens is 2. The lowest BCUT2D eigenvalue weighted by atomic mass is 10.2. The lowest BCUT2D eigenvalue weighted by Crippen LogP contribution is -2.01. The first kappa shape index (κ1) is 16.1. The molecular formula is C17H14N2O4S. The average molecular weight is 342 g/mol. The second-order valence-electron chi connectivity index (χ2n) is 4.77. The minimum absolute atomic E-state index is 0.232. The van der Waals surface area contributed by atoms with E-state index in [0.29, 0.717) is 29.2 Å². The maximum absolute atomic E-state index is 10.8. The zero-order valence-corrected chi connectivity index (χ0v) is 13.4. The first-order valence-corrected chi connectivity index (χ1v) is 8.19. The van der Waals surface area contributed by atoms with Gasteiger partial charge in [0.1, 0.15) is 5.75 Å². The molecule has 3 rings (SSSR count). The molecule has 122 valence electrons. The smallest absolute Gasteiger partial charge is 0.335 e. The number of hydrogen-bond donors (Lipinski definition) is 1. The molecule has 0 saturated heterocycles. The maximum atomic E-state index is 10.8. The van der Waals surface area contributed by atoms with Crippen LogP contribution in [0.25, 0.3) is 11.5 Å². The highest BCUT2D eigenvalue weighted by Gasteiger charge is 2.08. The third-order valence-electron chi connectivity index (χ3n) is 3.11. The number of benzene rings is 2. The molecule has 0 aliphatic heterocycles. The number of carboxylic acid groups (broad SMARTS) is 1. The van der Waals surface area contributed by atoms with Crippen molar-refractivity contribution in [3.63, 3.8) is 0 Å². The lowest BCUT2D eigenvalue weighted by Gasteiger charge is -2.04. The maximum Gasteiger partial charge on any atom is 0.335 e. The zero-order chi connectivity index (χ0) is 16.8. The van der Waals surface area contributed by atoms with E-state index in [-0.39, 0.29) is 5.56 Å². The fourth-order valence-corrected chi connectivity index (χ4v) is 2.53. The van der Waals surface area contributed by atoms with Crippen LogP contribution in [0.1, 0.15) is 10.4 Å². The van der Waals surface area contributed by atoms with Gasteiger partial charge in [-0.25, -0.2) is 4.79 Å². The van der Waals surface area contributed by atoms with Gasteiger partial charge in [0.25, 0.3) is 5.22 Å². The Morgan fingerprint density at radius 1 is 1.08 bits per heavy atom. The molecule has 1 N–H and O–H groups in total. The number of carboxylic acids is 1. The molecule has 7 heteroatoms. The molecule has 1 heterocycles. The molecule has 0 aliphatic rings. The van der Waals surface area contributed by atoms with Crippen molar-refractivity contribution >= 4 is 17.7 Å². The summed E-state index contributed by atoms with van der Waals surface area (Å²) in [6.45, 7) is 0.445. The third-order valence-corrected chi connectivity index (χ3v) is 3.89. The first-order valence-electron chi connectivity index (χ1n) is 7.20. The fourth-order valence-electron chi connectivity index (χ4n) is 1.95. The van der Waals surface area contributed by atoms with Gasteiger partial charge in [-0.3, -0.25) is 0 Å². The van der Waals surface area contributed by atoms with E-state index in [1.807, 2.05) is 30.3 Å². The minimum Gasteiger partial charge on any atom is -0.493 e. The van der Waals surface area contributed by atoms with Gasteiger partial charge in [0.05, 0.1) is 12.2 Å². The van der Waals surface area contributed by atoms with E-state index in [1.54, 1.807) is 12.1 Å². The molecular weight excluding hydrogens is 328 g/mol. The molecule has 6 nitrogen and oxygen atoms in total. The fraction of sp³-hybridized carbons (Fsp3) is 0.118. The van der Waals surface area contributed by atoms with E-state index < -0.39 is 5.97 Å². The Morgan fingerprint density at radius 2 is 1.83 bits per heavy atom. The molecule has 1 aromatic heterocycles. The molecule has 2 aromatic carbocycles. The number of hydrogen-bond acceptors (Lipinski definition) is 6. The normalized spacial score (nSPS) is 10.5. The van der Waals surface area contributed by atoms with Gasteiger partial charge < -0.3 is 14.3 Å². The minimum atomic E-state index is -0.956. The molecule has 0 bridgehead atoms. The zero-order valence-electron chi connectivity index (χ0n) is 12.6. The van der Waals surface area contributed by atoms with Crippen LogP contribution in [0.3, 0.4) is 0 Å². The van der Waals surface area contributed by atoms with Crippen LogP contribution in [0.2, 0.25) is 0 Å². The number of carbonyl (C=O) groups is 1. The predicted octanol–water partition coefficient (Wildman–Crippen LogP) is 3.61. The molecule has 0 amide bonds. The van der Waals surface area contributed by atoms with Crippen LogP contribution in [-0.4, -0.2) is 33.6 Å². The molecule has 0 aliphatic carbocycles. The summed E-state index contributed by atoms with van der Waals surface area (Å²) in [5.74, 6) is 0.791. The van der Waals surface area contributed by atoms with Crippen molar-refractivity contribution < 1.29 is 19.1 Å².